The average molecular weight is 230 g/mol. The van der Waals surface area contributed by atoms with Gasteiger partial charge < -0.3 is 15.8 Å². The van der Waals surface area contributed by atoms with Crippen LogP contribution in [0.5, 0.6) is 0 Å². The molecule has 1 heterocycles. The van der Waals surface area contributed by atoms with Crippen molar-refractivity contribution in [2.45, 2.75) is 20.3 Å². The van der Waals surface area contributed by atoms with Gasteiger partial charge in [-0.2, -0.15) is 0 Å². The molecule has 0 radical (unpaired) electrons. The molecule has 0 aromatic heterocycles. The summed E-state index contributed by atoms with van der Waals surface area (Å²) in [7, 11) is 0. The summed E-state index contributed by atoms with van der Waals surface area (Å²) in [4.78, 5) is 12.1. The second kappa shape index (κ2) is 4.90. The van der Waals surface area contributed by atoms with E-state index in [9.17, 15) is 4.79 Å². The second-order valence-electron chi connectivity index (χ2n) is 4.53. The first-order chi connectivity index (χ1) is 6.93. The molecule has 3 N–H and O–H groups in total. The highest BCUT2D eigenvalue weighted by molar-refractivity contribution is 7.80. The lowest BCUT2D eigenvalue weighted by atomic mass is 9.93. The Labute approximate surface area is 95.5 Å². The summed E-state index contributed by atoms with van der Waals surface area (Å²) in [5, 5.41) is 2.86. The molecule has 1 unspecified atom stereocenters. The van der Waals surface area contributed by atoms with Gasteiger partial charge in [-0.05, 0) is 6.42 Å². The number of nitrogens with two attached hydrogens (primary N) is 1. The van der Waals surface area contributed by atoms with Gasteiger partial charge >= 0.3 is 0 Å². The molecule has 1 atom stereocenters. The predicted molar refractivity (Wildman–Crippen MR) is 62.5 cm³/mol. The third-order valence-electron chi connectivity index (χ3n) is 2.67. The van der Waals surface area contributed by atoms with E-state index in [1.807, 2.05) is 13.8 Å². The van der Waals surface area contributed by atoms with E-state index in [1.165, 1.54) is 0 Å². The van der Waals surface area contributed by atoms with Crippen molar-refractivity contribution in [1.82, 2.24) is 5.32 Å². The zero-order valence-corrected chi connectivity index (χ0v) is 10.0. The molecule has 86 valence electrons. The fourth-order valence-electron chi connectivity index (χ4n) is 1.28. The molecule has 1 rings (SSSR count). The molecule has 0 aromatic carbocycles. The summed E-state index contributed by atoms with van der Waals surface area (Å²) >= 11 is 4.92. The normalized spacial score (nSPS) is 21.3. The molecule has 0 aromatic rings. The maximum absolute atomic E-state index is 11.6. The van der Waals surface area contributed by atoms with Gasteiger partial charge in [-0.25, -0.2) is 0 Å². The Morgan fingerprint density at radius 3 is 2.80 bits per heavy atom. The van der Waals surface area contributed by atoms with Crippen molar-refractivity contribution < 1.29 is 9.53 Å². The van der Waals surface area contributed by atoms with Crippen LogP contribution in [0.15, 0.2) is 0 Å². The number of thiocarbonyl (C=S) groups is 1. The van der Waals surface area contributed by atoms with Crippen molar-refractivity contribution in [2.24, 2.45) is 17.1 Å². The average Bonchev–Trinajstić information content (AvgIpc) is 2.66. The Balaban J connectivity index is 2.36. The summed E-state index contributed by atoms with van der Waals surface area (Å²) in [5.74, 6) is 0.0315. The van der Waals surface area contributed by atoms with Gasteiger partial charge in [0.1, 0.15) is 0 Å². The van der Waals surface area contributed by atoms with Crippen LogP contribution in [0.4, 0.5) is 0 Å². The minimum atomic E-state index is -0.329. The SMILES string of the molecule is CC(C)(CNC(=O)C1CCOC1)C(N)=S. The van der Waals surface area contributed by atoms with Crippen LogP contribution in [0.2, 0.25) is 0 Å². The van der Waals surface area contributed by atoms with Crippen molar-refractivity contribution in [2.75, 3.05) is 19.8 Å². The van der Waals surface area contributed by atoms with Crippen LogP contribution < -0.4 is 11.1 Å². The molecule has 0 spiro atoms. The van der Waals surface area contributed by atoms with Gasteiger partial charge in [-0.1, -0.05) is 26.1 Å². The summed E-state index contributed by atoms with van der Waals surface area (Å²) in [6.07, 6.45) is 0.805. The first-order valence-corrected chi connectivity index (χ1v) is 5.49. The van der Waals surface area contributed by atoms with Crippen molar-refractivity contribution >= 4 is 23.1 Å². The highest BCUT2D eigenvalue weighted by Gasteiger charge is 2.27. The number of carbonyl (C=O) groups is 1. The van der Waals surface area contributed by atoms with Gasteiger partial charge in [0.15, 0.2) is 0 Å². The summed E-state index contributed by atoms with van der Waals surface area (Å²) in [6.45, 7) is 5.52. The van der Waals surface area contributed by atoms with E-state index < -0.39 is 0 Å². The van der Waals surface area contributed by atoms with E-state index in [-0.39, 0.29) is 17.2 Å². The molecule has 15 heavy (non-hydrogen) atoms. The summed E-state index contributed by atoms with van der Waals surface area (Å²) in [6, 6.07) is 0. The van der Waals surface area contributed by atoms with E-state index in [4.69, 9.17) is 22.7 Å². The van der Waals surface area contributed by atoms with Crippen LogP contribution in [0.1, 0.15) is 20.3 Å². The molecule has 0 saturated carbocycles. The minimum absolute atomic E-state index is 0.00727. The van der Waals surface area contributed by atoms with Crippen molar-refractivity contribution in [3.8, 4) is 0 Å². The quantitative estimate of drug-likeness (QED) is 0.688. The molecule has 0 aliphatic carbocycles. The fourth-order valence-corrected chi connectivity index (χ4v) is 1.35. The smallest absolute Gasteiger partial charge is 0.225 e. The van der Waals surface area contributed by atoms with Crippen molar-refractivity contribution in [1.29, 1.82) is 0 Å². The Hall–Kier alpha value is -0.680. The first-order valence-electron chi connectivity index (χ1n) is 5.09. The molecule has 1 saturated heterocycles. The minimum Gasteiger partial charge on any atom is -0.393 e. The van der Waals surface area contributed by atoms with E-state index in [0.717, 1.165) is 6.42 Å². The molecule has 4 nitrogen and oxygen atoms in total. The van der Waals surface area contributed by atoms with E-state index >= 15 is 0 Å². The summed E-state index contributed by atoms with van der Waals surface area (Å²) < 4.78 is 5.15. The lowest BCUT2D eigenvalue weighted by Crippen LogP contribution is -2.43. The summed E-state index contributed by atoms with van der Waals surface area (Å²) in [5.41, 5.74) is 5.24. The number of hydrogen-bond acceptors (Lipinski definition) is 3. The molecule has 0 bridgehead atoms. The monoisotopic (exact) mass is 230 g/mol. The maximum Gasteiger partial charge on any atom is 0.225 e. The molecule has 1 amide bonds. The third-order valence-corrected chi connectivity index (χ3v) is 3.22. The number of rotatable bonds is 4. The third kappa shape index (κ3) is 3.43. The zero-order valence-electron chi connectivity index (χ0n) is 9.21. The predicted octanol–water partition coefficient (Wildman–Crippen LogP) is 0.451. The molecular formula is C10H18N2O2S. The lowest BCUT2D eigenvalue weighted by molar-refractivity contribution is -0.125. The molecule has 5 heteroatoms. The largest absolute Gasteiger partial charge is 0.393 e. The van der Waals surface area contributed by atoms with E-state index in [0.29, 0.717) is 24.7 Å². The van der Waals surface area contributed by atoms with Crippen LogP contribution in [0.3, 0.4) is 0 Å². The van der Waals surface area contributed by atoms with Gasteiger partial charge in [-0.3, -0.25) is 4.79 Å². The van der Waals surface area contributed by atoms with Crippen molar-refractivity contribution in [3.63, 3.8) is 0 Å². The standard InChI is InChI=1S/C10H18N2O2S/c1-10(2,9(11)15)6-12-8(13)7-3-4-14-5-7/h7H,3-6H2,1-2H3,(H2,11,15)(H,12,13). The second-order valence-corrected chi connectivity index (χ2v) is 4.97. The Morgan fingerprint density at radius 2 is 2.33 bits per heavy atom. The highest BCUT2D eigenvalue weighted by Crippen LogP contribution is 2.16. The Kier molecular flexibility index (Phi) is 4.04. The van der Waals surface area contributed by atoms with Gasteiger partial charge in [0.25, 0.3) is 0 Å². The van der Waals surface area contributed by atoms with Crippen molar-refractivity contribution in [3.05, 3.63) is 0 Å². The van der Waals surface area contributed by atoms with Crippen LogP contribution >= 0.6 is 12.2 Å². The number of amides is 1. The van der Waals surface area contributed by atoms with Crippen LogP contribution in [-0.2, 0) is 9.53 Å². The van der Waals surface area contributed by atoms with Crippen LogP contribution in [0, 0.1) is 11.3 Å². The van der Waals surface area contributed by atoms with E-state index in [1.54, 1.807) is 0 Å². The maximum atomic E-state index is 11.6. The first kappa shape index (κ1) is 12.4. The topological polar surface area (TPSA) is 64.3 Å². The van der Waals surface area contributed by atoms with Crippen LogP contribution in [-0.4, -0.2) is 30.7 Å². The zero-order chi connectivity index (χ0) is 11.5. The number of ether oxygens (including phenoxy) is 1. The molecule has 1 aliphatic heterocycles. The highest BCUT2D eigenvalue weighted by atomic mass is 32.1. The van der Waals surface area contributed by atoms with Gasteiger partial charge in [0.05, 0.1) is 17.5 Å². The van der Waals surface area contributed by atoms with Gasteiger partial charge in [0, 0.05) is 18.6 Å². The number of carbonyl (C=O) groups excluding carboxylic acids is 1. The number of nitrogens with one attached hydrogen (secondary N) is 1. The van der Waals surface area contributed by atoms with Gasteiger partial charge in [0.2, 0.25) is 5.91 Å². The Morgan fingerprint density at radius 1 is 1.67 bits per heavy atom. The lowest BCUT2D eigenvalue weighted by Gasteiger charge is -2.24. The van der Waals surface area contributed by atoms with Gasteiger partial charge in [-0.15, -0.1) is 0 Å². The fraction of sp³-hybridized carbons (Fsp3) is 0.800. The Bertz CT molecular complexity index is 260. The number of hydrogen-bond donors (Lipinski definition) is 2. The molecule has 1 fully saturated rings. The molecular weight excluding hydrogens is 212 g/mol. The van der Waals surface area contributed by atoms with Crippen LogP contribution in [0.25, 0.3) is 0 Å². The molecule has 1 aliphatic rings. The van der Waals surface area contributed by atoms with E-state index in [2.05, 4.69) is 5.32 Å².